The lowest BCUT2D eigenvalue weighted by Crippen LogP contribution is -2.58. The van der Waals surface area contributed by atoms with Gasteiger partial charge in [0.2, 0.25) is 0 Å². The van der Waals surface area contributed by atoms with Crippen LogP contribution in [0.1, 0.15) is 31.7 Å². The number of carbonyl (C=O) groups excluding carboxylic acids is 2. The highest BCUT2D eigenvalue weighted by molar-refractivity contribution is 5.89. The van der Waals surface area contributed by atoms with Crippen molar-refractivity contribution < 1.29 is 19.1 Å². The van der Waals surface area contributed by atoms with E-state index < -0.39 is 0 Å². The first-order valence-electron chi connectivity index (χ1n) is 9.56. The Hall–Kier alpha value is -2.34. The maximum atomic E-state index is 12.1. The van der Waals surface area contributed by atoms with Crippen LogP contribution in [0, 0.1) is 0 Å². The van der Waals surface area contributed by atoms with Crippen molar-refractivity contribution in [2.45, 2.75) is 38.3 Å². The molecule has 1 aromatic rings. The highest BCUT2D eigenvalue weighted by Crippen LogP contribution is 2.38. The number of piperidine rings is 1. The van der Waals surface area contributed by atoms with Gasteiger partial charge in [0.25, 0.3) is 0 Å². The average molecular weight is 372 g/mol. The summed E-state index contributed by atoms with van der Waals surface area (Å²) in [7, 11) is 1.42. The monoisotopic (exact) mass is 372 g/mol. The summed E-state index contributed by atoms with van der Waals surface area (Å²) in [5, 5.41) is 0. The Kier molecular flexibility index (Phi) is 6.16. The van der Waals surface area contributed by atoms with Crippen molar-refractivity contribution in [1.29, 1.82) is 0 Å². The number of esters is 1. The van der Waals surface area contributed by atoms with Gasteiger partial charge in [0.15, 0.2) is 0 Å². The summed E-state index contributed by atoms with van der Waals surface area (Å²) in [5.41, 5.74) is 1.89. The quantitative estimate of drug-likeness (QED) is 0.761. The van der Waals surface area contributed by atoms with E-state index in [0.717, 1.165) is 25.8 Å². The molecule has 0 saturated carbocycles. The number of carbonyl (C=O) groups is 2. The Bertz CT molecular complexity index is 693. The fraction of sp³-hybridized carbons (Fsp3) is 0.524. The van der Waals surface area contributed by atoms with Gasteiger partial charge in [-0.2, -0.15) is 0 Å². The van der Waals surface area contributed by atoms with Crippen molar-refractivity contribution in [3.05, 3.63) is 47.5 Å². The van der Waals surface area contributed by atoms with Crippen molar-refractivity contribution in [1.82, 2.24) is 9.80 Å². The number of ether oxygens (including phenoxy) is 2. The maximum absolute atomic E-state index is 12.1. The third-order valence-electron chi connectivity index (χ3n) is 5.64. The number of methoxy groups -OCH3 is 1. The van der Waals surface area contributed by atoms with E-state index >= 15 is 0 Å². The second-order valence-corrected chi connectivity index (χ2v) is 7.18. The van der Waals surface area contributed by atoms with E-state index in [-0.39, 0.29) is 17.6 Å². The minimum absolute atomic E-state index is 0.0453. The summed E-state index contributed by atoms with van der Waals surface area (Å²) >= 11 is 0. The smallest absolute Gasteiger partial charge is 0.409 e. The Morgan fingerprint density at radius 2 is 1.85 bits per heavy atom. The van der Waals surface area contributed by atoms with Gasteiger partial charge >= 0.3 is 12.1 Å². The largest absolute Gasteiger partial charge is 0.466 e. The molecule has 1 fully saturated rings. The number of hydrogen-bond acceptors (Lipinski definition) is 5. The van der Waals surface area contributed by atoms with Crippen molar-refractivity contribution in [3.63, 3.8) is 0 Å². The predicted molar refractivity (Wildman–Crippen MR) is 102 cm³/mol. The molecule has 0 radical (unpaired) electrons. The fourth-order valence-electron chi connectivity index (χ4n) is 4.03. The van der Waals surface area contributed by atoms with Gasteiger partial charge in [0, 0.05) is 37.3 Å². The van der Waals surface area contributed by atoms with Crippen LogP contribution in [-0.4, -0.2) is 60.8 Å². The Morgan fingerprint density at radius 3 is 2.48 bits per heavy atom. The highest BCUT2D eigenvalue weighted by atomic mass is 16.6. The third kappa shape index (κ3) is 4.33. The van der Waals surface area contributed by atoms with E-state index in [1.165, 1.54) is 12.7 Å². The molecule has 2 aliphatic heterocycles. The van der Waals surface area contributed by atoms with Crippen molar-refractivity contribution in [2.75, 3.05) is 33.4 Å². The van der Waals surface area contributed by atoms with Gasteiger partial charge in [0.1, 0.15) is 0 Å². The van der Waals surface area contributed by atoms with Gasteiger partial charge in [-0.05, 0) is 31.7 Å². The van der Waals surface area contributed by atoms with Crippen molar-refractivity contribution in [2.24, 2.45) is 0 Å². The Balaban J connectivity index is 1.78. The molecule has 1 amide bonds. The lowest BCUT2D eigenvalue weighted by Gasteiger charge is -2.50. The van der Waals surface area contributed by atoms with Gasteiger partial charge < -0.3 is 14.4 Å². The van der Waals surface area contributed by atoms with E-state index in [9.17, 15) is 9.59 Å². The lowest BCUT2D eigenvalue weighted by atomic mass is 9.79. The van der Waals surface area contributed by atoms with Crippen LogP contribution in [0.2, 0.25) is 0 Å². The molecule has 146 valence electrons. The van der Waals surface area contributed by atoms with Crippen LogP contribution in [0.25, 0.3) is 0 Å². The van der Waals surface area contributed by atoms with E-state index in [4.69, 9.17) is 9.47 Å². The molecular weight excluding hydrogens is 344 g/mol. The third-order valence-corrected chi connectivity index (χ3v) is 5.64. The number of nitrogens with zero attached hydrogens (tertiary/aromatic N) is 2. The number of rotatable bonds is 4. The lowest BCUT2D eigenvalue weighted by molar-refractivity contribution is -0.137. The molecule has 1 spiro atoms. The maximum Gasteiger partial charge on any atom is 0.409 e. The zero-order valence-electron chi connectivity index (χ0n) is 16.1. The van der Waals surface area contributed by atoms with E-state index in [1.807, 2.05) is 31.2 Å². The Morgan fingerprint density at radius 1 is 1.15 bits per heavy atom. The van der Waals surface area contributed by atoms with Crippen LogP contribution < -0.4 is 0 Å². The Labute approximate surface area is 160 Å². The molecule has 0 aliphatic carbocycles. The molecule has 1 saturated heterocycles. The molecule has 2 aliphatic rings. The highest BCUT2D eigenvalue weighted by Gasteiger charge is 2.43. The molecule has 3 rings (SSSR count). The topological polar surface area (TPSA) is 59.1 Å². The standard InChI is InChI=1S/C21H28N2O4/c1-3-27-20(25)22-13-11-21(12-14-22)10-9-18(19(24)26-2)16-23(21)15-17-7-5-4-6-8-17/h4-9H,3,10-16H2,1-2H3. The molecule has 0 aromatic heterocycles. The molecule has 0 unspecified atom stereocenters. The van der Waals surface area contributed by atoms with Gasteiger partial charge in [-0.3, -0.25) is 4.90 Å². The van der Waals surface area contributed by atoms with Crippen LogP contribution in [0.3, 0.4) is 0 Å². The average Bonchev–Trinajstić information content (AvgIpc) is 2.70. The SMILES string of the molecule is CCOC(=O)N1CCC2(CC=C(C(=O)OC)CN2Cc2ccccc2)CC1. The summed E-state index contributed by atoms with van der Waals surface area (Å²) in [6, 6.07) is 10.3. The van der Waals surface area contributed by atoms with Crippen LogP contribution in [-0.2, 0) is 20.8 Å². The molecule has 2 heterocycles. The van der Waals surface area contributed by atoms with Crippen LogP contribution in [0.5, 0.6) is 0 Å². The number of amides is 1. The second-order valence-electron chi connectivity index (χ2n) is 7.18. The summed E-state index contributed by atoms with van der Waals surface area (Å²) in [4.78, 5) is 28.3. The van der Waals surface area contributed by atoms with Gasteiger partial charge in [-0.25, -0.2) is 9.59 Å². The van der Waals surface area contributed by atoms with Gasteiger partial charge in [-0.15, -0.1) is 0 Å². The summed E-state index contributed by atoms with van der Waals surface area (Å²) < 4.78 is 10.1. The normalized spacial score (nSPS) is 19.5. The first-order valence-corrected chi connectivity index (χ1v) is 9.56. The number of likely N-dealkylation sites (tertiary alicyclic amines) is 1. The fourth-order valence-corrected chi connectivity index (χ4v) is 4.03. The van der Waals surface area contributed by atoms with Crippen molar-refractivity contribution in [3.8, 4) is 0 Å². The minimum Gasteiger partial charge on any atom is -0.466 e. The predicted octanol–water partition coefficient (Wildman–Crippen LogP) is 2.98. The van der Waals surface area contributed by atoms with E-state index in [0.29, 0.717) is 31.8 Å². The zero-order chi connectivity index (χ0) is 19.3. The summed E-state index contributed by atoms with van der Waals surface area (Å²) in [6.45, 7) is 4.91. The number of benzene rings is 1. The van der Waals surface area contributed by atoms with Crippen LogP contribution >= 0.6 is 0 Å². The molecule has 0 atom stereocenters. The second kappa shape index (κ2) is 8.57. The van der Waals surface area contributed by atoms with Crippen LogP contribution in [0.15, 0.2) is 42.0 Å². The van der Waals surface area contributed by atoms with E-state index in [1.54, 1.807) is 4.90 Å². The van der Waals surface area contributed by atoms with Crippen molar-refractivity contribution >= 4 is 12.1 Å². The van der Waals surface area contributed by atoms with E-state index in [2.05, 4.69) is 17.0 Å². The number of hydrogen-bond donors (Lipinski definition) is 0. The van der Waals surface area contributed by atoms with Gasteiger partial charge in [0.05, 0.1) is 13.7 Å². The van der Waals surface area contributed by atoms with Gasteiger partial charge in [-0.1, -0.05) is 36.4 Å². The molecule has 1 aromatic carbocycles. The summed E-state index contributed by atoms with van der Waals surface area (Å²) in [5.74, 6) is -0.258. The molecule has 27 heavy (non-hydrogen) atoms. The first kappa shape index (κ1) is 19.4. The molecule has 0 bridgehead atoms. The first-order chi connectivity index (χ1) is 13.1. The molecule has 6 nitrogen and oxygen atoms in total. The minimum atomic E-state index is -0.258. The molecule has 6 heteroatoms. The zero-order valence-corrected chi connectivity index (χ0v) is 16.1. The van der Waals surface area contributed by atoms with Crippen LogP contribution in [0.4, 0.5) is 4.79 Å². The summed E-state index contributed by atoms with van der Waals surface area (Å²) in [6.07, 6.45) is 4.31. The molecule has 0 N–H and O–H groups in total. The molecular formula is C21H28N2O4.